The predicted molar refractivity (Wildman–Crippen MR) is 81.7 cm³/mol. The molecule has 0 amide bonds. The molecule has 100 valence electrons. The Morgan fingerprint density at radius 2 is 2.00 bits per heavy atom. The van der Waals surface area contributed by atoms with Crippen LogP contribution in [0.1, 0.15) is 34.2 Å². The van der Waals surface area contributed by atoms with Crippen LogP contribution in [0.3, 0.4) is 0 Å². The van der Waals surface area contributed by atoms with Crippen LogP contribution < -0.4 is 5.32 Å². The molecule has 20 heavy (non-hydrogen) atoms. The highest BCUT2D eigenvalue weighted by molar-refractivity contribution is 5.60. The van der Waals surface area contributed by atoms with Crippen LogP contribution in [-0.2, 0) is 19.4 Å². The number of hydrogen-bond donors (Lipinski definition) is 1. The van der Waals surface area contributed by atoms with E-state index in [2.05, 4.69) is 29.6 Å². The summed E-state index contributed by atoms with van der Waals surface area (Å²) in [6, 6.07) is 15.0. The van der Waals surface area contributed by atoms with Gasteiger partial charge < -0.3 is 5.32 Å². The summed E-state index contributed by atoms with van der Waals surface area (Å²) in [5.74, 6) is 0. The van der Waals surface area contributed by atoms with Crippen LogP contribution in [-0.4, -0.2) is 0 Å². The minimum Gasteiger partial charge on any atom is -0.380 e. The smallest absolute Gasteiger partial charge is 0.102 e. The minimum absolute atomic E-state index is 0.744. The predicted octanol–water partition coefficient (Wildman–Crippen LogP) is 3.97. The summed E-state index contributed by atoms with van der Waals surface area (Å²) in [4.78, 5) is 0. The lowest BCUT2D eigenvalue weighted by Crippen LogP contribution is -2.02. The van der Waals surface area contributed by atoms with Crippen molar-refractivity contribution >= 4 is 5.69 Å². The zero-order valence-electron chi connectivity index (χ0n) is 11.7. The SMILES string of the molecule is Cc1cccc(NCc2ccc3c(c2)CCC3)c1C#N. The Hall–Kier alpha value is -2.27. The van der Waals surface area contributed by atoms with Crippen molar-refractivity contribution in [1.82, 2.24) is 0 Å². The van der Waals surface area contributed by atoms with Gasteiger partial charge in [0.05, 0.1) is 11.3 Å². The van der Waals surface area contributed by atoms with Crippen molar-refractivity contribution in [3.05, 3.63) is 64.2 Å². The molecule has 2 aromatic carbocycles. The molecule has 0 aliphatic heterocycles. The van der Waals surface area contributed by atoms with Crippen LogP contribution in [0.5, 0.6) is 0 Å². The Morgan fingerprint density at radius 3 is 2.85 bits per heavy atom. The maximum absolute atomic E-state index is 9.23. The number of hydrogen-bond acceptors (Lipinski definition) is 2. The monoisotopic (exact) mass is 262 g/mol. The van der Waals surface area contributed by atoms with E-state index in [1.807, 2.05) is 25.1 Å². The van der Waals surface area contributed by atoms with Gasteiger partial charge in [-0.3, -0.25) is 0 Å². The lowest BCUT2D eigenvalue weighted by molar-refractivity contribution is 0.911. The van der Waals surface area contributed by atoms with E-state index in [4.69, 9.17) is 0 Å². The number of fused-ring (bicyclic) bond motifs is 1. The number of aryl methyl sites for hydroxylation is 3. The molecule has 2 aromatic rings. The second-order valence-electron chi connectivity index (χ2n) is 5.42. The van der Waals surface area contributed by atoms with Gasteiger partial charge in [-0.25, -0.2) is 0 Å². The molecule has 2 nitrogen and oxygen atoms in total. The van der Waals surface area contributed by atoms with Crippen LogP contribution in [0, 0.1) is 18.3 Å². The lowest BCUT2D eigenvalue weighted by Gasteiger charge is -2.11. The quantitative estimate of drug-likeness (QED) is 0.908. The van der Waals surface area contributed by atoms with E-state index in [0.717, 1.165) is 23.4 Å². The van der Waals surface area contributed by atoms with Crippen LogP contribution in [0.15, 0.2) is 36.4 Å². The summed E-state index contributed by atoms with van der Waals surface area (Å²) in [5, 5.41) is 12.6. The summed E-state index contributed by atoms with van der Waals surface area (Å²) in [5.41, 5.74) is 6.97. The second kappa shape index (κ2) is 5.38. The second-order valence-corrected chi connectivity index (χ2v) is 5.42. The fraction of sp³-hybridized carbons (Fsp3) is 0.278. The minimum atomic E-state index is 0.744. The van der Waals surface area contributed by atoms with Crippen molar-refractivity contribution in [1.29, 1.82) is 5.26 Å². The van der Waals surface area contributed by atoms with Crippen LogP contribution >= 0.6 is 0 Å². The van der Waals surface area contributed by atoms with Gasteiger partial charge in [-0.2, -0.15) is 5.26 Å². The Kier molecular flexibility index (Phi) is 3.43. The third-order valence-corrected chi connectivity index (χ3v) is 4.03. The molecular weight excluding hydrogens is 244 g/mol. The first-order valence-electron chi connectivity index (χ1n) is 7.12. The summed E-state index contributed by atoms with van der Waals surface area (Å²) >= 11 is 0. The highest BCUT2D eigenvalue weighted by Gasteiger charge is 2.11. The molecule has 0 spiro atoms. The highest BCUT2D eigenvalue weighted by Crippen LogP contribution is 2.24. The summed E-state index contributed by atoms with van der Waals surface area (Å²) in [6.07, 6.45) is 3.71. The third-order valence-electron chi connectivity index (χ3n) is 4.03. The van der Waals surface area contributed by atoms with E-state index in [1.165, 1.54) is 36.0 Å². The van der Waals surface area contributed by atoms with Crippen LogP contribution in [0.25, 0.3) is 0 Å². The van der Waals surface area contributed by atoms with Gasteiger partial charge >= 0.3 is 0 Å². The number of nitrogens with zero attached hydrogens (tertiary/aromatic N) is 1. The van der Waals surface area contributed by atoms with Gasteiger partial charge in [0.1, 0.15) is 6.07 Å². The maximum Gasteiger partial charge on any atom is 0.102 e. The van der Waals surface area contributed by atoms with Crippen molar-refractivity contribution in [2.75, 3.05) is 5.32 Å². The fourth-order valence-electron chi connectivity index (χ4n) is 2.90. The molecule has 0 bridgehead atoms. The molecule has 0 atom stereocenters. The average Bonchev–Trinajstić information content (AvgIpc) is 2.92. The lowest BCUT2D eigenvalue weighted by atomic mass is 10.1. The number of rotatable bonds is 3. The number of nitrogens with one attached hydrogen (secondary N) is 1. The molecule has 1 aliphatic rings. The van der Waals surface area contributed by atoms with E-state index in [-0.39, 0.29) is 0 Å². The van der Waals surface area contributed by atoms with E-state index >= 15 is 0 Å². The zero-order chi connectivity index (χ0) is 13.9. The van der Waals surface area contributed by atoms with Gasteiger partial charge in [-0.05, 0) is 54.5 Å². The molecule has 0 radical (unpaired) electrons. The largest absolute Gasteiger partial charge is 0.380 e. The zero-order valence-corrected chi connectivity index (χ0v) is 11.7. The summed E-state index contributed by atoms with van der Waals surface area (Å²) in [6.45, 7) is 2.74. The van der Waals surface area contributed by atoms with Crippen molar-refractivity contribution < 1.29 is 0 Å². The molecule has 0 fully saturated rings. The normalized spacial score (nSPS) is 12.8. The molecule has 2 heteroatoms. The van der Waals surface area contributed by atoms with E-state index in [1.54, 1.807) is 0 Å². The van der Waals surface area contributed by atoms with E-state index in [0.29, 0.717) is 0 Å². The van der Waals surface area contributed by atoms with Crippen molar-refractivity contribution in [3.8, 4) is 6.07 Å². The van der Waals surface area contributed by atoms with Gasteiger partial charge in [0.15, 0.2) is 0 Å². The topological polar surface area (TPSA) is 35.8 Å². The summed E-state index contributed by atoms with van der Waals surface area (Å²) in [7, 11) is 0. The van der Waals surface area contributed by atoms with Gasteiger partial charge in [-0.15, -0.1) is 0 Å². The standard InChI is InChI=1S/C18H18N2/c1-13-4-2-7-18(17(13)11-19)20-12-14-8-9-15-5-3-6-16(15)10-14/h2,4,7-10,20H,3,5-6,12H2,1H3. The molecule has 0 aromatic heterocycles. The molecule has 1 N–H and O–H groups in total. The van der Waals surface area contributed by atoms with E-state index in [9.17, 15) is 5.26 Å². The Morgan fingerprint density at radius 1 is 1.15 bits per heavy atom. The molecule has 0 saturated heterocycles. The van der Waals surface area contributed by atoms with Gasteiger partial charge in [-0.1, -0.05) is 30.3 Å². The molecule has 3 rings (SSSR count). The van der Waals surface area contributed by atoms with Crippen molar-refractivity contribution in [2.45, 2.75) is 32.7 Å². The average molecular weight is 262 g/mol. The number of nitriles is 1. The van der Waals surface area contributed by atoms with E-state index < -0.39 is 0 Å². The molecule has 0 unspecified atom stereocenters. The van der Waals surface area contributed by atoms with Gasteiger partial charge in [0.25, 0.3) is 0 Å². The summed E-state index contributed by atoms with van der Waals surface area (Å²) < 4.78 is 0. The van der Waals surface area contributed by atoms with Crippen molar-refractivity contribution in [3.63, 3.8) is 0 Å². The van der Waals surface area contributed by atoms with Crippen LogP contribution in [0.2, 0.25) is 0 Å². The third kappa shape index (κ3) is 2.40. The van der Waals surface area contributed by atoms with Gasteiger partial charge in [0.2, 0.25) is 0 Å². The van der Waals surface area contributed by atoms with Crippen LogP contribution in [0.4, 0.5) is 5.69 Å². The Labute approximate surface area is 120 Å². The number of anilines is 1. The van der Waals surface area contributed by atoms with Crippen molar-refractivity contribution in [2.24, 2.45) is 0 Å². The first-order chi connectivity index (χ1) is 9.78. The molecule has 1 aliphatic carbocycles. The van der Waals surface area contributed by atoms with Gasteiger partial charge in [0, 0.05) is 6.54 Å². The fourth-order valence-corrected chi connectivity index (χ4v) is 2.90. The number of benzene rings is 2. The Bertz CT molecular complexity index is 680. The first-order valence-corrected chi connectivity index (χ1v) is 7.12. The Balaban J connectivity index is 1.77. The first kappa shape index (κ1) is 12.7. The highest BCUT2D eigenvalue weighted by atomic mass is 14.9. The molecule has 0 saturated carbocycles. The molecule has 0 heterocycles. The molecular formula is C18H18N2. The maximum atomic E-state index is 9.23.